The molecule has 0 aliphatic carbocycles. The molecule has 0 radical (unpaired) electrons. The van der Waals surface area contributed by atoms with E-state index in [9.17, 15) is 13.2 Å². The van der Waals surface area contributed by atoms with Crippen molar-refractivity contribution in [1.82, 2.24) is 29.7 Å². The smallest absolute Gasteiger partial charge is 0.328 e. The summed E-state index contributed by atoms with van der Waals surface area (Å²) in [4.78, 5) is 15.8. The van der Waals surface area contributed by atoms with Gasteiger partial charge in [0.25, 0.3) is 0 Å². The van der Waals surface area contributed by atoms with E-state index in [1.807, 2.05) is 20.8 Å². The number of aryl methyl sites for hydroxylation is 1. The second-order valence-corrected chi connectivity index (χ2v) is 8.30. The number of nitrogens with zero attached hydrogens (tertiary/aromatic N) is 5. The number of rotatable bonds is 2. The number of hydrogen-bond donors (Lipinski definition) is 1. The zero-order chi connectivity index (χ0) is 21.8. The number of nitrogens with one attached hydrogen (secondary N) is 1. The molecule has 30 heavy (non-hydrogen) atoms. The van der Waals surface area contributed by atoms with E-state index in [2.05, 4.69) is 25.0 Å². The lowest BCUT2D eigenvalue weighted by Gasteiger charge is -2.16. The Morgan fingerprint density at radius 2 is 1.73 bits per heavy atom. The predicted octanol–water partition coefficient (Wildman–Crippen LogP) is 5.39. The van der Waals surface area contributed by atoms with Gasteiger partial charge in [-0.1, -0.05) is 50.6 Å². The summed E-state index contributed by atoms with van der Waals surface area (Å²) in [5.41, 5.74) is 0.486. The molecule has 4 aromatic rings. The lowest BCUT2D eigenvalue weighted by molar-refractivity contribution is -0.137. The molecular formula is C20H18ClF3N6. The molecule has 1 N–H and O–H groups in total. The number of imidazole rings is 1. The van der Waals surface area contributed by atoms with Gasteiger partial charge < -0.3 is 4.98 Å². The first kappa shape index (κ1) is 20.3. The molecule has 0 spiro atoms. The van der Waals surface area contributed by atoms with Crippen molar-refractivity contribution in [2.45, 2.75) is 32.4 Å². The minimum absolute atomic E-state index is 0.0351. The second-order valence-electron chi connectivity index (χ2n) is 7.92. The van der Waals surface area contributed by atoms with E-state index in [4.69, 9.17) is 11.6 Å². The van der Waals surface area contributed by atoms with Gasteiger partial charge in [-0.2, -0.15) is 18.3 Å². The maximum atomic E-state index is 13.7. The van der Waals surface area contributed by atoms with E-state index < -0.39 is 11.7 Å². The zero-order valence-electron chi connectivity index (χ0n) is 16.6. The third kappa shape index (κ3) is 3.32. The number of fused-ring (bicyclic) bond motifs is 1. The first-order valence-corrected chi connectivity index (χ1v) is 9.47. The number of aromatic amines is 1. The molecule has 3 aromatic heterocycles. The fraction of sp³-hybridized carbons (Fsp3) is 0.300. The molecule has 6 nitrogen and oxygen atoms in total. The van der Waals surface area contributed by atoms with E-state index >= 15 is 0 Å². The largest absolute Gasteiger partial charge is 0.417 e. The fourth-order valence-corrected chi connectivity index (χ4v) is 3.83. The number of alkyl halides is 3. The van der Waals surface area contributed by atoms with Crippen LogP contribution in [0.15, 0.2) is 30.6 Å². The molecule has 0 bridgehead atoms. The number of halogens is 4. The van der Waals surface area contributed by atoms with Gasteiger partial charge in [-0.15, -0.1) is 0 Å². The van der Waals surface area contributed by atoms with Crippen LogP contribution in [0.4, 0.5) is 13.2 Å². The quantitative estimate of drug-likeness (QED) is 0.459. The molecule has 0 saturated carbocycles. The van der Waals surface area contributed by atoms with Gasteiger partial charge in [0.1, 0.15) is 17.1 Å². The number of H-pyrrole nitrogens is 1. The molecule has 0 aliphatic rings. The second kappa shape index (κ2) is 6.80. The van der Waals surface area contributed by atoms with Crippen LogP contribution in [0, 0.1) is 0 Å². The van der Waals surface area contributed by atoms with Crippen LogP contribution in [-0.2, 0) is 18.6 Å². The molecule has 1 aromatic carbocycles. The Hall–Kier alpha value is -2.94. The van der Waals surface area contributed by atoms with Gasteiger partial charge in [0.05, 0.1) is 22.6 Å². The highest BCUT2D eigenvalue weighted by molar-refractivity contribution is 6.34. The normalized spacial score (nSPS) is 12.7. The molecule has 3 heterocycles. The van der Waals surface area contributed by atoms with Crippen molar-refractivity contribution < 1.29 is 13.2 Å². The first-order valence-electron chi connectivity index (χ1n) is 9.09. The fourth-order valence-electron chi connectivity index (χ4n) is 3.29. The van der Waals surface area contributed by atoms with Crippen molar-refractivity contribution in [2.24, 2.45) is 7.05 Å². The van der Waals surface area contributed by atoms with Crippen molar-refractivity contribution in [2.75, 3.05) is 0 Å². The van der Waals surface area contributed by atoms with E-state index in [1.54, 1.807) is 7.05 Å². The SMILES string of the molecule is Cn1nc(C(C)(C)C)c(Cl)c1-c1nc2[nH]cnc2nc1-c1ccccc1C(F)(F)F. The maximum Gasteiger partial charge on any atom is 0.417 e. The summed E-state index contributed by atoms with van der Waals surface area (Å²) >= 11 is 6.66. The Labute approximate surface area is 175 Å². The Kier molecular flexibility index (Phi) is 4.61. The first-order chi connectivity index (χ1) is 14.0. The molecule has 0 amide bonds. The monoisotopic (exact) mass is 434 g/mol. The lowest BCUT2D eigenvalue weighted by atomic mass is 9.91. The minimum Gasteiger partial charge on any atom is -0.328 e. The van der Waals surface area contributed by atoms with Crippen LogP contribution < -0.4 is 0 Å². The third-order valence-electron chi connectivity index (χ3n) is 4.68. The van der Waals surface area contributed by atoms with E-state index in [-0.39, 0.29) is 28.0 Å². The molecule has 0 fully saturated rings. The molecular weight excluding hydrogens is 417 g/mol. The minimum atomic E-state index is -4.57. The van der Waals surface area contributed by atoms with Gasteiger partial charge in [0.2, 0.25) is 0 Å². The Balaban J connectivity index is 2.09. The summed E-state index contributed by atoms with van der Waals surface area (Å²) in [7, 11) is 1.68. The molecule has 0 saturated heterocycles. The molecule has 4 rings (SSSR count). The van der Waals surface area contributed by atoms with Crippen LogP contribution in [-0.4, -0.2) is 29.7 Å². The van der Waals surface area contributed by atoms with Crippen molar-refractivity contribution >= 4 is 22.9 Å². The van der Waals surface area contributed by atoms with Crippen molar-refractivity contribution in [1.29, 1.82) is 0 Å². The molecule has 156 valence electrons. The summed E-state index contributed by atoms with van der Waals surface area (Å²) in [6.45, 7) is 5.86. The highest BCUT2D eigenvalue weighted by Gasteiger charge is 2.36. The topological polar surface area (TPSA) is 72.3 Å². The van der Waals surface area contributed by atoms with Crippen LogP contribution in [0.25, 0.3) is 33.9 Å². The number of aromatic nitrogens is 6. The highest BCUT2D eigenvalue weighted by atomic mass is 35.5. The average Bonchev–Trinajstić information content (AvgIpc) is 3.23. The van der Waals surface area contributed by atoms with Crippen molar-refractivity contribution in [3.05, 3.63) is 46.9 Å². The summed E-state index contributed by atoms with van der Waals surface area (Å²) in [6.07, 6.45) is -3.18. The standard InChI is InChI=1S/C20H18ClF3N6/c1-19(2,3)16-12(21)15(30(4)29-16)14-13(27-17-18(28-14)26-9-25-17)10-7-5-6-8-11(10)20(22,23)24/h5-9H,1-4H3,(H,25,26,27,28). The molecule has 0 atom stereocenters. The third-order valence-corrected chi connectivity index (χ3v) is 5.04. The van der Waals surface area contributed by atoms with Crippen molar-refractivity contribution in [3.8, 4) is 22.6 Å². The van der Waals surface area contributed by atoms with Crippen LogP contribution in [0.2, 0.25) is 5.02 Å². The Morgan fingerprint density at radius 3 is 2.37 bits per heavy atom. The average molecular weight is 435 g/mol. The molecule has 0 unspecified atom stereocenters. The summed E-state index contributed by atoms with van der Waals surface area (Å²) < 4.78 is 42.7. The van der Waals surface area contributed by atoms with Gasteiger partial charge in [0, 0.05) is 18.0 Å². The van der Waals surface area contributed by atoms with Gasteiger partial charge >= 0.3 is 6.18 Å². The summed E-state index contributed by atoms with van der Waals surface area (Å²) in [6, 6.07) is 5.24. The zero-order valence-corrected chi connectivity index (χ0v) is 17.4. The van der Waals surface area contributed by atoms with E-state index in [0.717, 1.165) is 6.07 Å². The maximum absolute atomic E-state index is 13.7. The number of hydrogen-bond acceptors (Lipinski definition) is 4. The van der Waals surface area contributed by atoms with Gasteiger partial charge in [-0.05, 0) is 6.07 Å². The summed E-state index contributed by atoms with van der Waals surface area (Å²) in [5.74, 6) is 0. The van der Waals surface area contributed by atoms with Gasteiger partial charge in [-0.25, -0.2) is 15.0 Å². The highest BCUT2D eigenvalue weighted by Crippen LogP contribution is 2.42. The number of benzene rings is 1. The van der Waals surface area contributed by atoms with E-state index in [0.29, 0.717) is 22.1 Å². The predicted molar refractivity (Wildman–Crippen MR) is 108 cm³/mol. The Bertz CT molecular complexity index is 1250. The molecule has 10 heteroatoms. The summed E-state index contributed by atoms with van der Waals surface area (Å²) in [5, 5.41) is 4.82. The van der Waals surface area contributed by atoms with Crippen LogP contribution in [0.3, 0.4) is 0 Å². The van der Waals surface area contributed by atoms with Crippen molar-refractivity contribution in [3.63, 3.8) is 0 Å². The molecule has 0 aliphatic heterocycles. The Morgan fingerprint density at radius 1 is 1.03 bits per heavy atom. The van der Waals surface area contributed by atoms with Crippen LogP contribution >= 0.6 is 11.6 Å². The van der Waals surface area contributed by atoms with Gasteiger partial charge in [0.15, 0.2) is 11.3 Å². The van der Waals surface area contributed by atoms with Gasteiger partial charge in [-0.3, -0.25) is 4.68 Å². The lowest BCUT2D eigenvalue weighted by Crippen LogP contribution is -2.12. The van der Waals surface area contributed by atoms with Crippen LogP contribution in [0.1, 0.15) is 32.0 Å². The van der Waals surface area contributed by atoms with Crippen LogP contribution in [0.5, 0.6) is 0 Å². The van der Waals surface area contributed by atoms with E-state index in [1.165, 1.54) is 29.2 Å².